The number of hydrogen-bond acceptors (Lipinski definition) is 13. The minimum absolute atomic E-state index is 0. The fourth-order valence-corrected chi connectivity index (χ4v) is 18.4. The van der Waals surface area contributed by atoms with Crippen LogP contribution in [0.4, 0.5) is 22.8 Å². The number of amides is 4. The lowest BCUT2D eigenvalue weighted by Crippen LogP contribution is -2.50. The number of halogens is 3. The van der Waals surface area contributed by atoms with Gasteiger partial charge < -0.3 is 43.7 Å². The van der Waals surface area contributed by atoms with Gasteiger partial charge >= 0.3 is 18.2 Å². The maximum Gasteiger partial charge on any atom is 0.410 e. The number of benzene rings is 7. The summed E-state index contributed by atoms with van der Waals surface area (Å²) in [5.41, 5.74) is 8.74. The first kappa shape index (κ1) is 109. The third kappa shape index (κ3) is 32.2. The fraction of sp³-hybridized carbons (Fsp3) is 0.457. The molecular weight excluding hydrogens is 1660 g/mol. The van der Waals surface area contributed by atoms with E-state index in [9.17, 15) is 47.4 Å². The van der Waals surface area contributed by atoms with Crippen molar-refractivity contribution >= 4 is 55.0 Å². The number of rotatable bonds is 25. The molecule has 12 rings (SSSR count). The van der Waals surface area contributed by atoms with Crippen molar-refractivity contribution in [2.24, 2.45) is 11.8 Å². The number of carboxylic acid groups (broad SMARTS) is 1. The molecule has 697 valence electrons. The molecule has 9 aromatic rings. The molecule has 1 aliphatic carbocycles. The lowest BCUT2D eigenvalue weighted by atomic mass is 9.91. The summed E-state index contributed by atoms with van der Waals surface area (Å²) >= 11 is 0. The molecule has 2 aromatic heterocycles. The number of nitrogens with one attached hydrogen (secondary N) is 1. The van der Waals surface area contributed by atoms with Crippen LogP contribution in [0.25, 0.3) is 0 Å². The minimum Gasteiger partial charge on any atom is -0.478 e. The lowest BCUT2D eigenvalue weighted by molar-refractivity contribution is -0.00310. The molecule has 2 saturated heterocycles. The van der Waals surface area contributed by atoms with Gasteiger partial charge in [0, 0.05) is 77.7 Å². The van der Waals surface area contributed by atoms with Gasteiger partial charge in [-0.3, -0.25) is 29.4 Å². The normalized spacial score (nSPS) is 17.4. The van der Waals surface area contributed by atoms with Crippen molar-refractivity contribution in [1.82, 2.24) is 34.9 Å². The van der Waals surface area contributed by atoms with Gasteiger partial charge in [-0.05, 0) is 272 Å². The number of aliphatic hydroxyl groups excluding tert-OH is 1. The Morgan fingerprint density at radius 1 is 0.457 bits per heavy atom. The first-order chi connectivity index (χ1) is 58.9. The maximum atomic E-state index is 13.9. The second-order valence-electron chi connectivity index (χ2n) is 38.6. The van der Waals surface area contributed by atoms with Crippen LogP contribution < -0.4 is 5.32 Å². The van der Waals surface area contributed by atoms with Gasteiger partial charge in [-0.25, -0.2) is 27.6 Å². The van der Waals surface area contributed by atoms with Crippen LogP contribution in [0.5, 0.6) is 0 Å². The Hall–Kier alpha value is -10.1. The number of hydrogen-bond donors (Lipinski definition) is 3. The van der Waals surface area contributed by atoms with Crippen LogP contribution in [0, 0.1) is 29.3 Å². The maximum absolute atomic E-state index is 13.9. The largest absolute Gasteiger partial charge is 0.478 e. The summed E-state index contributed by atoms with van der Waals surface area (Å²) in [6.07, 6.45) is 12.4. The summed E-state index contributed by atoms with van der Waals surface area (Å²) < 4.78 is 65.5. The van der Waals surface area contributed by atoms with E-state index in [1.165, 1.54) is 29.8 Å². The Morgan fingerprint density at radius 2 is 0.822 bits per heavy atom. The summed E-state index contributed by atoms with van der Waals surface area (Å²) in [6.45, 7) is 35.0. The van der Waals surface area contributed by atoms with Gasteiger partial charge in [-0.2, -0.15) is 0 Å². The number of carbonyl (C=O) groups is 5. The van der Waals surface area contributed by atoms with Gasteiger partial charge in [-0.15, -0.1) is 0 Å². The van der Waals surface area contributed by atoms with Crippen molar-refractivity contribution in [2.45, 2.75) is 279 Å². The molecule has 0 unspecified atom stereocenters. The van der Waals surface area contributed by atoms with E-state index in [1.807, 2.05) is 192 Å². The Kier molecular flexibility index (Phi) is 41.3. The monoisotopic (exact) mass is 1800 g/mol. The lowest BCUT2D eigenvalue weighted by Gasteiger charge is -2.43. The van der Waals surface area contributed by atoms with Crippen molar-refractivity contribution in [3.8, 4) is 0 Å². The Balaban J connectivity index is 0.000000323. The molecule has 4 amide bonds. The van der Waals surface area contributed by atoms with E-state index in [0.717, 1.165) is 104 Å². The van der Waals surface area contributed by atoms with Gasteiger partial charge in [0.1, 0.15) is 28.7 Å². The summed E-state index contributed by atoms with van der Waals surface area (Å²) in [4.78, 5) is 79.4. The molecule has 7 aromatic carbocycles. The summed E-state index contributed by atoms with van der Waals surface area (Å²) in [7, 11) is 0.839. The highest BCUT2D eigenvalue weighted by Crippen LogP contribution is 2.48. The van der Waals surface area contributed by atoms with Crippen molar-refractivity contribution in [2.75, 3.05) is 21.1 Å². The van der Waals surface area contributed by atoms with Crippen LogP contribution in [-0.2, 0) is 57.2 Å². The molecule has 1 saturated carbocycles. The van der Waals surface area contributed by atoms with E-state index in [0.29, 0.717) is 53.5 Å². The molecule has 18 nitrogen and oxygen atoms in total. The molecule has 4 heterocycles. The van der Waals surface area contributed by atoms with Crippen molar-refractivity contribution < 1.29 is 65.7 Å². The third-order valence-electron chi connectivity index (χ3n) is 24.3. The first-order valence-electron chi connectivity index (χ1n) is 43.7. The summed E-state index contributed by atoms with van der Waals surface area (Å²) in [5.74, 6) is -1.38. The van der Waals surface area contributed by atoms with Crippen LogP contribution in [0.15, 0.2) is 225 Å². The van der Waals surface area contributed by atoms with Crippen LogP contribution in [0.2, 0.25) is 36.3 Å². The molecule has 2 aliphatic heterocycles. The minimum atomic E-state index is -2.22. The molecule has 0 spiro atoms. The number of ether oxygens (including phenoxy) is 2. The zero-order valence-corrected chi connectivity index (χ0v) is 79.2. The first-order valence-corrected chi connectivity index (χ1v) is 49.5. The van der Waals surface area contributed by atoms with Gasteiger partial charge in [0.05, 0.1) is 48.4 Å². The van der Waals surface area contributed by atoms with E-state index < -0.39 is 51.5 Å². The number of carboxylic acids is 1. The molecule has 129 heavy (non-hydrogen) atoms. The van der Waals surface area contributed by atoms with Crippen LogP contribution >= 0.6 is 0 Å². The highest BCUT2D eigenvalue weighted by molar-refractivity contribution is 6.74. The Bertz CT molecular complexity index is 4960. The Labute approximate surface area is 772 Å². The molecule has 3 N–H and O–H groups in total. The summed E-state index contributed by atoms with van der Waals surface area (Å²) in [5, 5.41) is 22.9. The van der Waals surface area contributed by atoms with Crippen LogP contribution in [0.1, 0.15) is 250 Å². The average molecular weight is 1800 g/mol. The number of aromatic nitrogens is 2. The molecule has 3 fully saturated rings. The number of aromatic carboxylic acids is 1. The molecule has 0 bridgehead atoms. The van der Waals surface area contributed by atoms with Gasteiger partial charge in [-0.1, -0.05) is 203 Å². The van der Waals surface area contributed by atoms with E-state index in [-0.39, 0.29) is 119 Å². The molecule has 9 atom stereocenters. The number of likely N-dealkylation sites (tertiary alicyclic amines) is 2. The summed E-state index contributed by atoms with van der Waals surface area (Å²) in [6, 6.07) is 61.4. The highest BCUT2D eigenvalue weighted by atomic mass is 28.4. The fourth-order valence-electron chi connectivity index (χ4n) is 15.8. The van der Waals surface area contributed by atoms with E-state index in [4.69, 9.17) is 18.3 Å². The Morgan fingerprint density at radius 3 is 1.17 bits per heavy atom. The smallest absolute Gasteiger partial charge is 0.410 e. The van der Waals surface area contributed by atoms with E-state index in [2.05, 4.69) is 107 Å². The molecular formula is C105H144BF3N7O11Si2. The predicted molar refractivity (Wildman–Crippen MR) is 519 cm³/mol. The van der Waals surface area contributed by atoms with Crippen molar-refractivity contribution in [1.29, 1.82) is 0 Å². The highest BCUT2D eigenvalue weighted by Gasteiger charge is 2.50. The quantitative estimate of drug-likeness (QED) is 0.0454. The number of pyridine rings is 2. The van der Waals surface area contributed by atoms with Crippen LogP contribution in [0.3, 0.4) is 0 Å². The second-order valence-corrected chi connectivity index (χ2v) is 48.1. The number of aliphatic hydroxyl groups is 1. The third-order valence-corrected chi connectivity index (χ3v) is 33.2. The second kappa shape index (κ2) is 48.7. The van der Waals surface area contributed by atoms with Gasteiger partial charge in [0.15, 0.2) is 16.6 Å². The zero-order valence-electron chi connectivity index (χ0n) is 77.2. The van der Waals surface area contributed by atoms with Gasteiger partial charge in [0.25, 0.3) is 11.8 Å². The SMILES string of the molecule is C.C.C.CC(C)(C)OC(=O)N1[C@H](Cc2ccc(C(=O)O)cc2)CC[C@@H]1[C@H](O[Si](C)(C)C(C)(C)C)c1ccccc1.CN(Cc1cncc(F)c1)C(=O)c1ccc(C[C@@H]2CC[C@H]([C@H](O)c3ccccc3)C2)cc1.CN(Cc1cncc(F)c1)C(=O)c1ccc(C[C@@H]2CC[C@H]([C@H](O[Si](C)(C)C(C)(C)C)c3ccccc3)N2C(=O)OC(C)(C)C)cc1.CNCc1cccc(F)c1.[B]. The van der Waals surface area contributed by atoms with E-state index in [1.54, 1.807) is 54.5 Å². The molecule has 3 radical (unpaired) electrons. The molecule has 24 heteroatoms. The van der Waals surface area contributed by atoms with E-state index >= 15 is 0 Å². The molecule has 3 aliphatic rings. The zero-order chi connectivity index (χ0) is 91.4. The van der Waals surface area contributed by atoms with Gasteiger partial charge in [0.2, 0.25) is 0 Å². The average Bonchev–Trinajstić information content (AvgIpc) is 1.68. The van der Waals surface area contributed by atoms with Crippen molar-refractivity contribution in [3.05, 3.63) is 309 Å². The predicted octanol–water partition coefficient (Wildman–Crippen LogP) is 24.3. The standard InChI is InChI=1S/C37H50FN3O4Si.C30H43NO5Si.C27H29FN2O2.C8H10FN.3CH4.B/c1-36(2,3)44-35(43)41-31(19-20-32(41)33(28-13-11-10-12-14-28)45-46(8,9)37(4,5)6)22-26-15-17-29(18-16-26)34(42)40(7)25-27-21-30(38)24-39-23-27;1-29(2,3)35-28(34)31-24(20-21-14-16-23(17-15-21)27(32)33)18-19-25(31)26(22-12-10-9-11-13-22)36-37(7,8)30(4,5)6;1-30(18-21-15-25(28)17-29-16-21)27(32)23-10-7-19(8-11-23)13-20-9-12-24(14-20)26(31)22-5-3-2-4-6-22;1-10-6-7-3-2-4-8(9)5-7;;;;/h10-18,21,23-24,31-33H,19-20,22,25H2,1-9H3;9-17,24-26H,18-20H2,1-8H3,(H,32,33);2-8,10-11,15-17,20,24,26,31H,9,12-14,18H2,1H3;2-5,10H,6H2,1H3;3*1H4;/t31-,32+,33+;24-,25+,26+;20-,24-,26+;;;;;/m000...../s1. The van der Waals surface area contributed by atoms with Crippen LogP contribution in [-0.4, -0.2) is 151 Å². The van der Waals surface area contributed by atoms with Crippen molar-refractivity contribution in [3.63, 3.8) is 0 Å². The number of carbonyl (C=O) groups excluding carboxylic acids is 4. The topological polar surface area (TPSA) is 213 Å². The number of nitrogens with zero attached hydrogens (tertiary/aromatic N) is 6.